The van der Waals surface area contributed by atoms with E-state index in [0.717, 1.165) is 16.6 Å². The number of nitrogens with one attached hydrogen (secondary N) is 1. The number of hydrogen-bond acceptors (Lipinski definition) is 2. The van der Waals surface area contributed by atoms with E-state index in [1.54, 1.807) is 0 Å². The van der Waals surface area contributed by atoms with Gasteiger partial charge in [-0.2, -0.15) is 0 Å². The molecule has 0 fully saturated rings. The molecule has 1 unspecified atom stereocenters. The Morgan fingerprint density at radius 2 is 1.87 bits per heavy atom. The van der Waals surface area contributed by atoms with Crippen molar-refractivity contribution in [3.05, 3.63) is 53.6 Å². The number of imidazole rings is 1. The standard InChI is InChI=1S/C18H22N3OS/c1-13-9-10-17(21(2,3)4)14(11-13)12-23(22)18-19-15-7-5-6-8-16(15)20-18/h5-11H,12H2,1-4H3,(H,19,20)/q+1. The molecule has 23 heavy (non-hydrogen) atoms. The summed E-state index contributed by atoms with van der Waals surface area (Å²) in [6, 6.07) is 14.1. The van der Waals surface area contributed by atoms with E-state index in [1.165, 1.54) is 11.3 Å². The summed E-state index contributed by atoms with van der Waals surface area (Å²) in [6.45, 7) is 2.06. The van der Waals surface area contributed by atoms with Crippen LogP contribution in [0.1, 0.15) is 11.1 Å². The molecule has 0 spiro atoms. The summed E-state index contributed by atoms with van der Waals surface area (Å²) >= 11 is 0. The number of fused-ring (bicyclic) bond motifs is 1. The Morgan fingerprint density at radius 3 is 2.57 bits per heavy atom. The van der Waals surface area contributed by atoms with Crippen molar-refractivity contribution in [2.75, 3.05) is 21.1 Å². The van der Waals surface area contributed by atoms with Crippen molar-refractivity contribution < 1.29 is 4.21 Å². The smallest absolute Gasteiger partial charge is 0.197 e. The van der Waals surface area contributed by atoms with Crippen LogP contribution in [-0.2, 0) is 16.6 Å². The molecule has 0 saturated carbocycles. The van der Waals surface area contributed by atoms with Crippen LogP contribution in [0.3, 0.4) is 0 Å². The normalized spacial score (nSPS) is 13.4. The van der Waals surface area contributed by atoms with Crippen LogP contribution in [0.5, 0.6) is 0 Å². The third-order valence-corrected chi connectivity index (χ3v) is 5.03. The number of aryl methyl sites for hydroxylation is 1. The van der Waals surface area contributed by atoms with E-state index < -0.39 is 10.8 Å². The number of para-hydroxylation sites is 2. The van der Waals surface area contributed by atoms with Gasteiger partial charge in [-0.05, 0) is 31.2 Å². The first-order chi connectivity index (χ1) is 10.8. The topological polar surface area (TPSA) is 45.8 Å². The van der Waals surface area contributed by atoms with Gasteiger partial charge in [-0.25, -0.2) is 4.98 Å². The highest BCUT2D eigenvalue weighted by Gasteiger charge is 2.20. The van der Waals surface area contributed by atoms with E-state index in [4.69, 9.17) is 0 Å². The van der Waals surface area contributed by atoms with E-state index in [1.807, 2.05) is 24.3 Å². The maximum atomic E-state index is 12.8. The van der Waals surface area contributed by atoms with Gasteiger partial charge in [-0.3, -0.25) is 8.69 Å². The Kier molecular flexibility index (Phi) is 4.08. The van der Waals surface area contributed by atoms with Crippen LogP contribution < -0.4 is 4.48 Å². The predicted octanol–water partition coefficient (Wildman–Crippen LogP) is 3.38. The van der Waals surface area contributed by atoms with Crippen molar-refractivity contribution >= 4 is 27.5 Å². The van der Waals surface area contributed by atoms with Crippen molar-refractivity contribution in [1.82, 2.24) is 14.5 Å². The number of quaternary nitrogens is 1. The number of hydrogen-bond donors (Lipinski definition) is 1. The van der Waals surface area contributed by atoms with Crippen LogP contribution in [0.2, 0.25) is 0 Å². The van der Waals surface area contributed by atoms with E-state index in [9.17, 15) is 4.21 Å². The summed E-state index contributed by atoms with van der Waals surface area (Å²) in [7, 11) is 5.17. The second-order valence-corrected chi connectivity index (χ2v) is 8.06. The maximum Gasteiger partial charge on any atom is 0.197 e. The van der Waals surface area contributed by atoms with Gasteiger partial charge < -0.3 is 4.98 Å². The average molecular weight is 328 g/mol. The second-order valence-electron chi connectivity index (χ2n) is 6.69. The molecule has 0 saturated heterocycles. The van der Waals surface area contributed by atoms with Crippen molar-refractivity contribution in [1.29, 1.82) is 0 Å². The molecule has 0 radical (unpaired) electrons. The monoisotopic (exact) mass is 328 g/mol. The van der Waals surface area contributed by atoms with Gasteiger partial charge in [0.2, 0.25) is 0 Å². The fourth-order valence-corrected chi connectivity index (χ4v) is 3.81. The van der Waals surface area contributed by atoms with Crippen molar-refractivity contribution in [2.24, 2.45) is 0 Å². The quantitative estimate of drug-likeness (QED) is 0.746. The van der Waals surface area contributed by atoms with Crippen LogP contribution >= 0.6 is 0 Å². The lowest BCUT2D eigenvalue weighted by atomic mass is 10.1. The van der Waals surface area contributed by atoms with Gasteiger partial charge in [0, 0.05) is 5.56 Å². The molecule has 2 aromatic carbocycles. The minimum atomic E-state index is -1.20. The SMILES string of the molecule is Cc1ccc([N+](C)(C)C)c(CS(=O)c2nc3ccccc3[nH]2)c1. The van der Waals surface area contributed by atoms with Crippen LogP contribution in [0, 0.1) is 6.92 Å². The van der Waals surface area contributed by atoms with Crippen molar-refractivity contribution in [3.8, 4) is 0 Å². The summed E-state index contributed by atoms with van der Waals surface area (Å²) in [4.78, 5) is 7.63. The molecule has 1 N–H and O–H groups in total. The van der Waals surface area contributed by atoms with Gasteiger partial charge in [0.15, 0.2) is 5.16 Å². The lowest BCUT2D eigenvalue weighted by Gasteiger charge is -2.26. The zero-order chi connectivity index (χ0) is 16.6. The number of H-pyrrole nitrogens is 1. The van der Waals surface area contributed by atoms with Gasteiger partial charge >= 0.3 is 0 Å². The van der Waals surface area contributed by atoms with Crippen LogP contribution in [0.15, 0.2) is 47.6 Å². The Labute approximate surface area is 139 Å². The second kappa shape index (κ2) is 5.91. The van der Waals surface area contributed by atoms with Crippen LogP contribution in [-0.4, -0.2) is 35.3 Å². The van der Waals surface area contributed by atoms with E-state index >= 15 is 0 Å². The van der Waals surface area contributed by atoms with Gasteiger partial charge in [-0.15, -0.1) is 0 Å². The summed E-state index contributed by atoms with van der Waals surface area (Å²) in [5, 5.41) is 0.542. The van der Waals surface area contributed by atoms with Crippen LogP contribution in [0.25, 0.3) is 11.0 Å². The number of benzene rings is 2. The first kappa shape index (κ1) is 15.9. The van der Waals surface area contributed by atoms with Gasteiger partial charge in [0.05, 0.1) is 48.7 Å². The molecule has 3 aromatic rings. The Hall–Kier alpha value is -1.98. The summed E-state index contributed by atoms with van der Waals surface area (Å²) in [6.07, 6.45) is 0. The summed E-state index contributed by atoms with van der Waals surface area (Å²) < 4.78 is 13.5. The summed E-state index contributed by atoms with van der Waals surface area (Å²) in [5.41, 5.74) is 5.24. The molecule has 0 amide bonds. The molecule has 0 bridgehead atoms. The summed E-state index contributed by atoms with van der Waals surface area (Å²) in [5.74, 6) is 0.465. The molecule has 1 aromatic heterocycles. The number of aromatic amines is 1. The molecule has 5 heteroatoms. The Bertz CT molecular complexity index is 844. The highest BCUT2D eigenvalue weighted by Crippen LogP contribution is 2.26. The maximum absolute atomic E-state index is 12.8. The third kappa shape index (κ3) is 3.35. The highest BCUT2D eigenvalue weighted by molar-refractivity contribution is 7.84. The van der Waals surface area contributed by atoms with Gasteiger partial charge in [0.1, 0.15) is 5.69 Å². The molecule has 3 rings (SSSR count). The van der Waals surface area contributed by atoms with E-state index in [2.05, 4.69) is 56.2 Å². The van der Waals surface area contributed by atoms with Gasteiger partial charge in [-0.1, -0.05) is 23.8 Å². The van der Waals surface area contributed by atoms with Crippen molar-refractivity contribution in [2.45, 2.75) is 17.8 Å². The Balaban J connectivity index is 1.95. The molecule has 1 atom stereocenters. The van der Waals surface area contributed by atoms with Crippen LogP contribution in [0.4, 0.5) is 5.69 Å². The lowest BCUT2D eigenvalue weighted by Crippen LogP contribution is -2.35. The molecule has 1 heterocycles. The minimum absolute atomic E-state index is 0.465. The lowest BCUT2D eigenvalue weighted by molar-refractivity contribution is 0.483. The highest BCUT2D eigenvalue weighted by atomic mass is 32.2. The molecular weight excluding hydrogens is 306 g/mol. The third-order valence-electron chi connectivity index (χ3n) is 3.83. The zero-order valence-corrected chi connectivity index (χ0v) is 14.8. The molecular formula is C18H22N3OS+. The zero-order valence-electron chi connectivity index (χ0n) is 14.0. The minimum Gasteiger partial charge on any atom is -0.331 e. The number of rotatable bonds is 4. The average Bonchev–Trinajstić information content (AvgIpc) is 2.90. The largest absolute Gasteiger partial charge is 0.331 e. The van der Waals surface area contributed by atoms with Gasteiger partial charge in [0.25, 0.3) is 0 Å². The number of nitrogens with zero attached hydrogens (tertiary/aromatic N) is 2. The molecule has 4 nitrogen and oxygen atoms in total. The number of aromatic nitrogens is 2. The fraction of sp³-hybridized carbons (Fsp3) is 0.278. The fourth-order valence-electron chi connectivity index (χ4n) is 2.73. The van der Waals surface area contributed by atoms with E-state index in [-0.39, 0.29) is 0 Å². The van der Waals surface area contributed by atoms with E-state index in [0.29, 0.717) is 15.4 Å². The van der Waals surface area contributed by atoms with Crippen molar-refractivity contribution in [3.63, 3.8) is 0 Å². The molecule has 0 aliphatic carbocycles. The molecule has 120 valence electrons. The molecule has 0 aliphatic rings. The first-order valence-corrected chi connectivity index (χ1v) is 8.91. The molecule has 0 aliphatic heterocycles. The predicted molar refractivity (Wildman–Crippen MR) is 97.0 cm³/mol. The first-order valence-electron chi connectivity index (χ1n) is 7.59. The Morgan fingerprint density at radius 1 is 1.13 bits per heavy atom.